The highest BCUT2D eigenvalue weighted by Crippen LogP contribution is 2.25. The number of aromatic nitrogens is 1. The van der Waals surface area contributed by atoms with Gasteiger partial charge in [0.2, 0.25) is 6.08 Å². The minimum atomic E-state index is -0.0851. The zero-order chi connectivity index (χ0) is 9.97. The van der Waals surface area contributed by atoms with Crippen molar-refractivity contribution in [1.29, 1.82) is 0 Å². The number of hydrogen-bond donors (Lipinski definition) is 1. The molecule has 3 nitrogen and oxygen atoms in total. The molecule has 1 atom stereocenters. The number of isocyanates is 1. The molecule has 0 aromatic carbocycles. The summed E-state index contributed by atoms with van der Waals surface area (Å²) in [7, 11) is 0. The second-order valence-corrected chi connectivity index (χ2v) is 3.83. The van der Waals surface area contributed by atoms with E-state index in [9.17, 15) is 4.79 Å². The Morgan fingerprint density at radius 3 is 3.00 bits per heavy atom. The highest BCUT2D eigenvalue weighted by atomic mass is 16.1. The zero-order valence-corrected chi connectivity index (χ0v) is 8.34. The van der Waals surface area contributed by atoms with Gasteiger partial charge in [0, 0.05) is 11.4 Å². The summed E-state index contributed by atoms with van der Waals surface area (Å²) >= 11 is 0. The van der Waals surface area contributed by atoms with Gasteiger partial charge in [0.05, 0.1) is 6.04 Å². The quantitative estimate of drug-likeness (QED) is 0.564. The standard InChI is InChI=1S/C11H14N2O/c1-8(12-7-14)11-6-9-4-2-3-5-10(9)13-11/h6,8,13H,2-5H2,1H3. The SMILES string of the molecule is CC(N=C=O)c1cc2c([nH]1)CCCC2. The summed E-state index contributed by atoms with van der Waals surface area (Å²) in [5.41, 5.74) is 3.78. The smallest absolute Gasteiger partial charge is 0.235 e. The summed E-state index contributed by atoms with van der Waals surface area (Å²) in [5.74, 6) is 0. The minimum Gasteiger partial charge on any atom is -0.360 e. The van der Waals surface area contributed by atoms with Crippen LogP contribution in [0.5, 0.6) is 0 Å². The average Bonchev–Trinajstić information content (AvgIpc) is 2.61. The molecule has 0 saturated carbocycles. The third-order valence-electron chi connectivity index (χ3n) is 2.83. The van der Waals surface area contributed by atoms with E-state index in [1.165, 1.54) is 24.1 Å². The highest BCUT2D eigenvalue weighted by molar-refractivity contribution is 5.36. The Morgan fingerprint density at radius 2 is 2.29 bits per heavy atom. The number of rotatable bonds is 2. The average molecular weight is 190 g/mol. The fourth-order valence-electron chi connectivity index (χ4n) is 2.00. The predicted molar refractivity (Wildman–Crippen MR) is 54.0 cm³/mol. The first-order chi connectivity index (χ1) is 6.81. The molecule has 0 radical (unpaired) electrons. The molecule has 0 spiro atoms. The van der Waals surface area contributed by atoms with Crippen LogP contribution in [0.25, 0.3) is 0 Å². The van der Waals surface area contributed by atoms with Gasteiger partial charge in [-0.3, -0.25) is 0 Å². The summed E-state index contributed by atoms with van der Waals surface area (Å²) in [4.78, 5) is 17.2. The summed E-state index contributed by atoms with van der Waals surface area (Å²) in [6, 6.07) is 2.05. The maximum Gasteiger partial charge on any atom is 0.235 e. The summed E-state index contributed by atoms with van der Waals surface area (Å²) in [5, 5.41) is 0. The molecule has 0 bridgehead atoms. The van der Waals surface area contributed by atoms with E-state index >= 15 is 0 Å². The van der Waals surface area contributed by atoms with Crippen molar-refractivity contribution in [3.05, 3.63) is 23.0 Å². The molecule has 1 aliphatic rings. The van der Waals surface area contributed by atoms with Gasteiger partial charge in [-0.15, -0.1) is 0 Å². The Kier molecular flexibility index (Phi) is 2.51. The zero-order valence-electron chi connectivity index (χ0n) is 8.34. The van der Waals surface area contributed by atoms with E-state index < -0.39 is 0 Å². The Balaban J connectivity index is 2.27. The normalized spacial score (nSPS) is 16.9. The van der Waals surface area contributed by atoms with Gasteiger partial charge >= 0.3 is 0 Å². The first-order valence-electron chi connectivity index (χ1n) is 5.09. The lowest BCUT2D eigenvalue weighted by Crippen LogP contribution is -1.99. The van der Waals surface area contributed by atoms with Crippen molar-refractivity contribution in [1.82, 2.24) is 4.98 Å². The first kappa shape index (κ1) is 9.22. The Morgan fingerprint density at radius 1 is 1.50 bits per heavy atom. The molecule has 1 aromatic heterocycles. The molecule has 1 aromatic rings. The Bertz CT molecular complexity index is 351. The number of nitrogens with one attached hydrogen (secondary N) is 1. The second kappa shape index (κ2) is 3.81. The van der Waals surface area contributed by atoms with Gasteiger partial charge in [-0.1, -0.05) is 0 Å². The number of nitrogens with zero attached hydrogens (tertiary/aromatic N) is 1. The molecular formula is C11H14N2O. The van der Waals surface area contributed by atoms with E-state index in [2.05, 4.69) is 16.0 Å². The molecule has 1 aliphatic carbocycles. The van der Waals surface area contributed by atoms with Gasteiger partial charge in [0.25, 0.3) is 0 Å². The summed E-state index contributed by atoms with van der Waals surface area (Å²) in [6.07, 6.45) is 6.42. The monoisotopic (exact) mass is 190 g/mol. The summed E-state index contributed by atoms with van der Waals surface area (Å²) < 4.78 is 0. The van der Waals surface area contributed by atoms with Crippen molar-refractivity contribution >= 4 is 6.08 Å². The second-order valence-electron chi connectivity index (χ2n) is 3.83. The minimum absolute atomic E-state index is 0.0851. The molecule has 3 heteroatoms. The van der Waals surface area contributed by atoms with Crippen molar-refractivity contribution in [3.63, 3.8) is 0 Å². The lowest BCUT2D eigenvalue weighted by atomic mass is 9.98. The number of H-pyrrole nitrogens is 1. The molecule has 1 heterocycles. The van der Waals surface area contributed by atoms with Crippen LogP contribution in [0.3, 0.4) is 0 Å². The van der Waals surface area contributed by atoms with Crippen LogP contribution in [0.15, 0.2) is 11.1 Å². The van der Waals surface area contributed by atoms with Crippen LogP contribution in [-0.2, 0) is 17.6 Å². The molecule has 74 valence electrons. The molecule has 2 rings (SSSR count). The van der Waals surface area contributed by atoms with Gasteiger partial charge < -0.3 is 4.98 Å². The van der Waals surface area contributed by atoms with Crippen molar-refractivity contribution in [2.45, 2.75) is 38.6 Å². The third kappa shape index (κ3) is 1.64. The van der Waals surface area contributed by atoms with E-state index in [0.29, 0.717) is 0 Å². The number of carbonyl (C=O) groups excluding carboxylic acids is 1. The van der Waals surface area contributed by atoms with Crippen LogP contribution in [0.2, 0.25) is 0 Å². The molecule has 14 heavy (non-hydrogen) atoms. The van der Waals surface area contributed by atoms with Gasteiger partial charge in [0.15, 0.2) is 0 Å². The maximum absolute atomic E-state index is 10.1. The van der Waals surface area contributed by atoms with E-state index in [4.69, 9.17) is 0 Å². The Labute approximate surface area is 83.2 Å². The van der Waals surface area contributed by atoms with Crippen LogP contribution in [0.4, 0.5) is 0 Å². The van der Waals surface area contributed by atoms with Crippen molar-refractivity contribution in [2.75, 3.05) is 0 Å². The van der Waals surface area contributed by atoms with Crippen LogP contribution in [-0.4, -0.2) is 11.1 Å². The fourth-order valence-corrected chi connectivity index (χ4v) is 2.00. The number of aromatic amines is 1. The maximum atomic E-state index is 10.1. The topological polar surface area (TPSA) is 45.2 Å². The van der Waals surface area contributed by atoms with Gasteiger partial charge in [-0.25, -0.2) is 4.79 Å². The lowest BCUT2D eigenvalue weighted by Gasteiger charge is -2.09. The molecule has 1 N–H and O–H groups in total. The third-order valence-corrected chi connectivity index (χ3v) is 2.83. The van der Waals surface area contributed by atoms with Crippen LogP contribution >= 0.6 is 0 Å². The van der Waals surface area contributed by atoms with Crippen LogP contribution < -0.4 is 0 Å². The molecule has 0 aliphatic heterocycles. The van der Waals surface area contributed by atoms with Crippen molar-refractivity contribution in [3.8, 4) is 0 Å². The van der Waals surface area contributed by atoms with Crippen molar-refractivity contribution in [2.24, 2.45) is 4.99 Å². The highest BCUT2D eigenvalue weighted by Gasteiger charge is 2.14. The molecule has 0 saturated heterocycles. The largest absolute Gasteiger partial charge is 0.360 e. The fraction of sp³-hybridized carbons (Fsp3) is 0.545. The number of fused-ring (bicyclic) bond motifs is 1. The number of hydrogen-bond acceptors (Lipinski definition) is 2. The number of aliphatic imine (C=N–C) groups is 1. The number of aryl methyl sites for hydroxylation is 2. The van der Waals surface area contributed by atoms with E-state index in [1.54, 1.807) is 6.08 Å². The van der Waals surface area contributed by atoms with Gasteiger partial charge in [-0.2, -0.15) is 4.99 Å². The molecule has 1 unspecified atom stereocenters. The van der Waals surface area contributed by atoms with Gasteiger partial charge in [0.1, 0.15) is 0 Å². The van der Waals surface area contributed by atoms with E-state index in [0.717, 1.165) is 18.5 Å². The van der Waals surface area contributed by atoms with Crippen molar-refractivity contribution < 1.29 is 4.79 Å². The van der Waals surface area contributed by atoms with Gasteiger partial charge in [-0.05, 0) is 44.2 Å². The van der Waals surface area contributed by atoms with Crippen LogP contribution in [0, 0.1) is 0 Å². The Hall–Kier alpha value is -1.34. The lowest BCUT2D eigenvalue weighted by molar-refractivity contribution is 0.559. The van der Waals surface area contributed by atoms with E-state index in [1.807, 2.05) is 6.92 Å². The first-order valence-corrected chi connectivity index (χ1v) is 5.09. The predicted octanol–water partition coefficient (Wildman–Crippen LogP) is 2.29. The molecule has 0 amide bonds. The summed E-state index contributed by atoms with van der Waals surface area (Å²) in [6.45, 7) is 1.90. The molecule has 0 fully saturated rings. The van der Waals surface area contributed by atoms with Crippen LogP contribution in [0.1, 0.15) is 42.8 Å². The molecular weight excluding hydrogens is 176 g/mol. The van der Waals surface area contributed by atoms with E-state index in [-0.39, 0.29) is 6.04 Å².